The summed E-state index contributed by atoms with van der Waals surface area (Å²) in [6.45, 7) is 4.61. The first kappa shape index (κ1) is 16.0. The van der Waals surface area contributed by atoms with Crippen LogP contribution in [0, 0.1) is 5.92 Å². The normalized spacial score (nSPS) is 13.3. The van der Waals surface area contributed by atoms with Crippen LogP contribution in [0.3, 0.4) is 0 Å². The summed E-state index contributed by atoms with van der Waals surface area (Å²) in [4.78, 5) is 22.9. The summed E-state index contributed by atoms with van der Waals surface area (Å²) < 4.78 is 0. The lowest BCUT2D eigenvalue weighted by Crippen LogP contribution is -2.47. The third kappa shape index (κ3) is 5.73. The van der Waals surface area contributed by atoms with Crippen LogP contribution in [0.25, 0.3) is 0 Å². The number of carboxylic acids is 1. The molecule has 0 aliphatic rings. The number of nitrogens with one attached hydrogen (secondary N) is 2. The van der Waals surface area contributed by atoms with Crippen LogP contribution in [0.15, 0.2) is 30.3 Å². The molecule has 0 aliphatic heterocycles. The van der Waals surface area contributed by atoms with Gasteiger partial charge in [-0.2, -0.15) is 0 Å². The zero-order chi connectivity index (χ0) is 15.0. The first-order chi connectivity index (χ1) is 9.52. The molecule has 0 bridgehead atoms. The van der Waals surface area contributed by atoms with E-state index >= 15 is 0 Å². The van der Waals surface area contributed by atoms with E-state index in [2.05, 4.69) is 10.6 Å². The molecule has 0 fully saturated rings. The van der Waals surface area contributed by atoms with E-state index < -0.39 is 18.0 Å². The van der Waals surface area contributed by atoms with E-state index in [1.807, 2.05) is 44.2 Å². The maximum absolute atomic E-state index is 11.7. The van der Waals surface area contributed by atoms with Crippen LogP contribution in [-0.4, -0.2) is 29.7 Å². The molecule has 0 heterocycles. The molecule has 2 atom stereocenters. The van der Waals surface area contributed by atoms with Gasteiger partial charge in [-0.15, -0.1) is 0 Å². The fourth-order valence-electron chi connectivity index (χ4n) is 1.67. The third-order valence-corrected chi connectivity index (χ3v) is 3.19. The van der Waals surface area contributed by atoms with Gasteiger partial charge in [-0.05, 0) is 11.5 Å². The van der Waals surface area contributed by atoms with Gasteiger partial charge in [0.05, 0.1) is 0 Å². The van der Waals surface area contributed by atoms with E-state index in [0.29, 0.717) is 12.5 Å². The molecule has 20 heavy (non-hydrogen) atoms. The Morgan fingerprint density at radius 2 is 1.90 bits per heavy atom. The van der Waals surface area contributed by atoms with E-state index in [1.165, 1.54) is 0 Å². The minimum absolute atomic E-state index is 0.271. The summed E-state index contributed by atoms with van der Waals surface area (Å²) >= 11 is 0. The number of hydrogen-bond acceptors (Lipinski definition) is 2. The van der Waals surface area contributed by atoms with Crippen LogP contribution in [0.4, 0.5) is 4.79 Å². The largest absolute Gasteiger partial charge is 0.480 e. The second kappa shape index (κ2) is 8.19. The summed E-state index contributed by atoms with van der Waals surface area (Å²) in [6, 6.07) is 7.88. The van der Waals surface area contributed by atoms with Gasteiger partial charge in [-0.1, -0.05) is 50.6 Å². The molecular weight excluding hydrogens is 256 g/mol. The second-order valence-corrected chi connectivity index (χ2v) is 4.95. The number of carbonyl (C=O) groups excluding carboxylic acids is 1. The first-order valence-corrected chi connectivity index (χ1v) is 6.84. The summed E-state index contributed by atoms with van der Waals surface area (Å²) in [5, 5.41) is 14.4. The van der Waals surface area contributed by atoms with Crippen molar-refractivity contribution < 1.29 is 14.7 Å². The van der Waals surface area contributed by atoms with Crippen molar-refractivity contribution in [2.45, 2.75) is 32.7 Å². The maximum Gasteiger partial charge on any atom is 0.326 e. The monoisotopic (exact) mass is 278 g/mol. The SMILES string of the molecule is CCC(C)CNC(=O)N[C@H](Cc1ccccc1)C(=O)O. The number of rotatable bonds is 7. The Hall–Kier alpha value is -2.04. The first-order valence-electron chi connectivity index (χ1n) is 6.84. The van der Waals surface area contributed by atoms with Gasteiger partial charge in [-0.3, -0.25) is 0 Å². The fraction of sp³-hybridized carbons (Fsp3) is 0.467. The Labute approximate surface area is 119 Å². The van der Waals surface area contributed by atoms with E-state index in [0.717, 1.165) is 12.0 Å². The highest BCUT2D eigenvalue weighted by Crippen LogP contribution is 2.03. The van der Waals surface area contributed by atoms with Gasteiger partial charge in [0.1, 0.15) is 6.04 Å². The lowest BCUT2D eigenvalue weighted by Gasteiger charge is -2.16. The number of urea groups is 1. The minimum atomic E-state index is -1.03. The van der Waals surface area contributed by atoms with Crippen molar-refractivity contribution in [3.05, 3.63) is 35.9 Å². The molecule has 0 saturated heterocycles. The fourth-order valence-corrected chi connectivity index (χ4v) is 1.67. The zero-order valence-corrected chi connectivity index (χ0v) is 11.9. The van der Waals surface area contributed by atoms with Crippen molar-refractivity contribution in [2.75, 3.05) is 6.54 Å². The van der Waals surface area contributed by atoms with Crippen molar-refractivity contribution >= 4 is 12.0 Å². The number of amides is 2. The molecule has 110 valence electrons. The molecule has 0 radical (unpaired) electrons. The zero-order valence-electron chi connectivity index (χ0n) is 11.9. The molecule has 1 aromatic rings. The number of carbonyl (C=O) groups is 2. The van der Waals surface area contributed by atoms with Gasteiger partial charge in [0.2, 0.25) is 0 Å². The second-order valence-electron chi connectivity index (χ2n) is 4.95. The molecule has 0 saturated carbocycles. The topological polar surface area (TPSA) is 78.4 Å². The van der Waals surface area contributed by atoms with Gasteiger partial charge in [-0.25, -0.2) is 9.59 Å². The highest BCUT2D eigenvalue weighted by Gasteiger charge is 2.20. The smallest absolute Gasteiger partial charge is 0.326 e. The summed E-state index contributed by atoms with van der Waals surface area (Å²) in [5.41, 5.74) is 0.877. The van der Waals surface area contributed by atoms with E-state index in [1.54, 1.807) is 0 Å². The average molecular weight is 278 g/mol. The Balaban J connectivity index is 2.51. The molecule has 0 aromatic heterocycles. The van der Waals surface area contributed by atoms with Crippen molar-refractivity contribution in [1.82, 2.24) is 10.6 Å². The Kier molecular flexibility index (Phi) is 6.56. The van der Waals surface area contributed by atoms with Crippen molar-refractivity contribution in [3.8, 4) is 0 Å². The molecular formula is C15H22N2O3. The van der Waals surface area contributed by atoms with E-state index in [-0.39, 0.29) is 6.42 Å². The van der Waals surface area contributed by atoms with Crippen LogP contribution in [0.2, 0.25) is 0 Å². The average Bonchev–Trinajstić information content (AvgIpc) is 2.45. The van der Waals surface area contributed by atoms with Crippen LogP contribution >= 0.6 is 0 Å². The maximum atomic E-state index is 11.7. The molecule has 5 heteroatoms. The van der Waals surface area contributed by atoms with Gasteiger partial charge < -0.3 is 15.7 Å². The quantitative estimate of drug-likeness (QED) is 0.714. The Bertz CT molecular complexity index is 434. The molecule has 1 aromatic carbocycles. The van der Waals surface area contributed by atoms with Crippen LogP contribution in [0.1, 0.15) is 25.8 Å². The van der Waals surface area contributed by atoms with Crippen LogP contribution in [0.5, 0.6) is 0 Å². The molecule has 5 nitrogen and oxygen atoms in total. The molecule has 0 spiro atoms. The highest BCUT2D eigenvalue weighted by atomic mass is 16.4. The van der Waals surface area contributed by atoms with Crippen molar-refractivity contribution in [1.29, 1.82) is 0 Å². The number of aliphatic carboxylic acids is 1. The summed E-state index contributed by atoms with van der Waals surface area (Å²) in [6.07, 6.45) is 1.24. The summed E-state index contributed by atoms with van der Waals surface area (Å²) in [5.74, 6) is -0.661. The minimum Gasteiger partial charge on any atom is -0.480 e. The molecule has 1 unspecified atom stereocenters. The van der Waals surface area contributed by atoms with Crippen molar-refractivity contribution in [3.63, 3.8) is 0 Å². The van der Waals surface area contributed by atoms with Gasteiger partial charge in [0.15, 0.2) is 0 Å². The number of carboxylic acid groups (broad SMARTS) is 1. The number of benzene rings is 1. The predicted molar refractivity (Wildman–Crippen MR) is 77.6 cm³/mol. The highest BCUT2D eigenvalue weighted by molar-refractivity contribution is 5.82. The predicted octanol–water partition coefficient (Wildman–Crippen LogP) is 2.03. The molecule has 2 amide bonds. The Morgan fingerprint density at radius 3 is 2.45 bits per heavy atom. The van der Waals surface area contributed by atoms with E-state index in [4.69, 9.17) is 5.11 Å². The van der Waals surface area contributed by atoms with Gasteiger partial charge >= 0.3 is 12.0 Å². The molecule has 0 aliphatic carbocycles. The number of hydrogen-bond donors (Lipinski definition) is 3. The lowest BCUT2D eigenvalue weighted by atomic mass is 10.1. The van der Waals surface area contributed by atoms with Crippen LogP contribution in [-0.2, 0) is 11.2 Å². The lowest BCUT2D eigenvalue weighted by molar-refractivity contribution is -0.139. The molecule has 1 rings (SSSR count). The van der Waals surface area contributed by atoms with Gasteiger partial charge in [0.25, 0.3) is 0 Å². The standard InChI is InChI=1S/C15H22N2O3/c1-3-11(2)10-16-15(20)17-13(14(18)19)9-12-7-5-4-6-8-12/h4-8,11,13H,3,9-10H2,1-2H3,(H,18,19)(H2,16,17,20)/t11?,13-/m1/s1. The summed E-state index contributed by atoms with van der Waals surface area (Å²) in [7, 11) is 0. The van der Waals surface area contributed by atoms with Crippen molar-refractivity contribution in [2.24, 2.45) is 5.92 Å². The van der Waals surface area contributed by atoms with Crippen LogP contribution < -0.4 is 10.6 Å². The van der Waals surface area contributed by atoms with Gasteiger partial charge in [0, 0.05) is 13.0 Å². The Morgan fingerprint density at radius 1 is 1.25 bits per heavy atom. The van der Waals surface area contributed by atoms with E-state index in [9.17, 15) is 9.59 Å². The third-order valence-electron chi connectivity index (χ3n) is 3.19. The molecule has 3 N–H and O–H groups in total.